The van der Waals surface area contributed by atoms with Crippen LogP contribution in [-0.2, 0) is 29.4 Å². The molecule has 1 heterocycles. The summed E-state index contributed by atoms with van der Waals surface area (Å²) >= 11 is 0. The molecule has 1 fully saturated rings. The van der Waals surface area contributed by atoms with Gasteiger partial charge in [0.1, 0.15) is 0 Å². The van der Waals surface area contributed by atoms with Crippen molar-refractivity contribution < 1.29 is 18.3 Å². The predicted molar refractivity (Wildman–Crippen MR) is 135 cm³/mol. The lowest BCUT2D eigenvalue weighted by Crippen LogP contribution is -2.26. The van der Waals surface area contributed by atoms with Crippen LogP contribution in [0.2, 0.25) is 0 Å². The fourth-order valence-electron chi connectivity index (χ4n) is 4.03. The van der Waals surface area contributed by atoms with Gasteiger partial charge in [-0.15, -0.1) is 0 Å². The molecular formula is C26H31N3O4S. The van der Waals surface area contributed by atoms with Crippen LogP contribution in [0.5, 0.6) is 0 Å². The highest BCUT2D eigenvalue weighted by atomic mass is 32.2. The Hall–Kier alpha value is -2.97. The molecule has 8 heteroatoms. The third-order valence-corrected chi connectivity index (χ3v) is 7.88. The molecule has 0 atom stereocenters. The standard InChI is InChI=1S/C26H31N3O4S/c1-2-11-34(32,33)12-10-19-13-22-24(14-20(19)17-30)27-16-23(26(31)29-21-8-9-21)25(22)28-15-18-6-4-3-5-7-18/h3-7,13-14,16,21,30H,2,8-12,15,17H2,1H3,(H,27,28)(H,29,31). The second-order valence-electron chi connectivity index (χ2n) is 8.83. The van der Waals surface area contributed by atoms with Crippen molar-refractivity contribution in [3.05, 3.63) is 70.9 Å². The summed E-state index contributed by atoms with van der Waals surface area (Å²) in [6.07, 6.45) is 4.40. The van der Waals surface area contributed by atoms with E-state index in [9.17, 15) is 18.3 Å². The van der Waals surface area contributed by atoms with Crippen molar-refractivity contribution in [2.45, 2.75) is 51.8 Å². The van der Waals surface area contributed by atoms with Crippen LogP contribution in [0.25, 0.3) is 10.9 Å². The highest BCUT2D eigenvalue weighted by Gasteiger charge is 2.26. The maximum atomic E-state index is 13.0. The number of carbonyl (C=O) groups is 1. The van der Waals surface area contributed by atoms with Crippen LogP contribution in [0.15, 0.2) is 48.7 Å². The first-order chi connectivity index (χ1) is 16.4. The second kappa shape index (κ2) is 10.5. The lowest BCUT2D eigenvalue weighted by molar-refractivity contribution is 0.0951. The molecule has 3 aromatic rings. The summed E-state index contributed by atoms with van der Waals surface area (Å²) in [4.78, 5) is 17.5. The highest BCUT2D eigenvalue weighted by molar-refractivity contribution is 7.91. The van der Waals surface area contributed by atoms with Crippen LogP contribution in [-0.4, -0.2) is 42.0 Å². The number of benzene rings is 2. The van der Waals surface area contributed by atoms with Crippen LogP contribution < -0.4 is 10.6 Å². The maximum absolute atomic E-state index is 13.0. The zero-order valence-corrected chi connectivity index (χ0v) is 20.2. The number of aliphatic hydroxyl groups excluding tert-OH is 1. The minimum absolute atomic E-state index is 0.0153. The summed E-state index contributed by atoms with van der Waals surface area (Å²) in [7, 11) is -3.17. The molecule has 0 spiro atoms. The summed E-state index contributed by atoms with van der Waals surface area (Å²) in [6, 6.07) is 13.8. The molecule has 0 bridgehead atoms. The van der Waals surface area contributed by atoms with Gasteiger partial charge in [0.2, 0.25) is 0 Å². The Morgan fingerprint density at radius 2 is 1.88 bits per heavy atom. The van der Waals surface area contributed by atoms with Gasteiger partial charge in [-0.05, 0) is 54.5 Å². The van der Waals surface area contributed by atoms with E-state index >= 15 is 0 Å². The molecule has 4 rings (SSSR count). The lowest BCUT2D eigenvalue weighted by Gasteiger charge is -2.17. The van der Waals surface area contributed by atoms with Crippen LogP contribution >= 0.6 is 0 Å². The quantitative estimate of drug-likeness (QED) is 0.386. The zero-order chi connectivity index (χ0) is 24.1. The molecular weight excluding hydrogens is 450 g/mol. The number of sulfone groups is 1. The van der Waals surface area contributed by atoms with Gasteiger partial charge in [-0.1, -0.05) is 37.3 Å². The van der Waals surface area contributed by atoms with Crippen LogP contribution in [0, 0.1) is 0 Å². The van der Waals surface area contributed by atoms with E-state index in [0.717, 1.165) is 29.4 Å². The Bertz CT molecular complexity index is 1270. The average molecular weight is 482 g/mol. The number of aryl methyl sites for hydroxylation is 1. The largest absolute Gasteiger partial charge is 0.392 e. The van der Waals surface area contributed by atoms with E-state index in [0.29, 0.717) is 41.7 Å². The topological polar surface area (TPSA) is 108 Å². The van der Waals surface area contributed by atoms with Gasteiger partial charge in [0.15, 0.2) is 9.84 Å². The van der Waals surface area contributed by atoms with Crippen molar-refractivity contribution in [3.63, 3.8) is 0 Å². The van der Waals surface area contributed by atoms with Gasteiger partial charge >= 0.3 is 0 Å². The van der Waals surface area contributed by atoms with Crippen molar-refractivity contribution in [1.29, 1.82) is 0 Å². The monoisotopic (exact) mass is 481 g/mol. The van der Waals surface area contributed by atoms with Crippen molar-refractivity contribution in [1.82, 2.24) is 10.3 Å². The van der Waals surface area contributed by atoms with Gasteiger partial charge in [-0.3, -0.25) is 9.78 Å². The molecule has 0 aliphatic heterocycles. The third-order valence-electron chi connectivity index (χ3n) is 6.03. The van der Waals surface area contributed by atoms with E-state index in [1.54, 1.807) is 12.3 Å². The predicted octanol–water partition coefficient (Wildman–Crippen LogP) is 3.60. The third kappa shape index (κ3) is 5.93. The lowest BCUT2D eigenvalue weighted by atomic mass is 9.99. The molecule has 7 nitrogen and oxygen atoms in total. The summed E-state index contributed by atoms with van der Waals surface area (Å²) < 4.78 is 24.6. The maximum Gasteiger partial charge on any atom is 0.255 e. The fourth-order valence-corrected chi connectivity index (χ4v) is 5.38. The van der Waals surface area contributed by atoms with Gasteiger partial charge in [-0.25, -0.2) is 8.42 Å². The van der Waals surface area contributed by atoms with Gasteiger partial charge in [-0.2, -0.15) is 0 Å². The molecule has 34 heavy (non-hydrogen) atoms. The first-order valence-corrected chi connectivity index (χ1v) is 13.6. The Morgan fingerprint density at radius 1 is 1.12 bits per heavy atom. The van der Waals surface area contributed by atoms with Crippen molar-refractivity contribution in [2.24, 2.45) is 0 Å². The minimum Gasteiger partial charge on any atom is -0.392 e. The van der Waals surface area contributed by atoms with Gasteiger partial charge in [0.05, 0.1) is 29.1 Å². The van der Waals surface area contributed by atoms with Gasteiger partial charge in [0.25, 0.3) is 5.91 Å². The number of nitrogens with one attached hydrogen (secondary N) is 2. The molecule has 0 radical (unpaired) electrons. The molecule has 1 saturated carbocycles. The molecule has 1 aliphatic carbocycles. The van der Waals surface area contributed by atoms with Crippen molar-refractivity contribution in [3.8, 4) is 0 Å². The van der Waals surface area contributed by atoms with Crippen molar-refractivity contribution in [2.75, 3.05) is 16.8 Å². The van der Waals surface area contributed by atoms with Gasteiger partial charge < -0.3 is 15.7 Å². The van der Waals surface area contributed by atoms with Gasteiger partial charge in [0, 0.05) is 29.9 Å². The molecule has 1 aliphatic rings. The number of pyridine rings is 1. The number of aliphatic hydroxyl groups is 1. The van der Waals surface area contributed by atoms with E-state index in [4.69, 9.17) is 0 Å². The smallest absolute Gasteiger partial charge is 0.255 e. The summed E-state index contributed by atoms with van der Waals surface area (Å²) in [5, 5.41) is 17.1. The number of anilines is 1. The SMILES string of the molecule is CCCS(=O)(=O)CCc1cc2c(NCc3ccccc3)c(C(=O)NC3CC3)cnc2cc1CO. The molecule has 3 N–H and O–H groups in total. The molecule has 1 aromatic heterocycles. The molecule has 180 valence electrons. The van der Waals surface area contributed by atoms with E-state index in [1.807, 2.05) is 43.3 Å². The first-order valence-electron chi connectivity index (χ1n) is 11.7. The molecule has 0 saturated heterocycles. The summed E-state index contributed by atoms with van der Waals surface area (Å²) in [6.45, 7) is 2.15. The molecule has 2 aromatic carbocycles. The Balaban J connectivity index is 1.74. The number of fused-ring (bicyclic) bond motifs is 1. The number of hydrogen-bond acceptors (Lipinski definition) is 6. The van der Waals surface area contributed by atoms with E-state index in [-0.39, 0.29) is 30.1 Å². The van der Waals surface area contributed by atoms with Crippen LogP contribution in [0.3, 0.4) is 0 Å². The Labute approximate surface area is 200 Å². The number of hydrogen-bond donors (Lipinski definition) is 3. The number of amides is 1. The molecule has 1 amide bonds. The molecule has 0 unspecified atom stereocenters. The first kappa shape index (κ1) is 24.2. The normalized spacial score (nSPS) is 13.7. The minimum atomic E-state index is -3.17. The summed E-state index contributed by atoms with van der Waals surface area (Å²) in [5.41, 5.74) is 4.22. The van der Waals surface area contributed by atoms with Crippen molar-refractivity contribution >= 4 is 32.3 Å². The van der Waals surface area contributed by atoms with Crippen LogP contribution in [0.1, 0.15) is 53.2 Å². The second-order valence-corrected chi connectivity index (χ2v) is 11.1. The number of nitrogens with zero attached hydrogens (tertiary/aromatic N) is 1. The number of aromatic nitrogens is 1. The fraction of sp³-hybridized carbons (Fsp3) is 0.385. The van der Waals surface area contributed by atoms with Crippen LogP contribution in [0.4, 0.5) is 5.69 Å². The Morgan fingerprint density at radius 3 is 2.56 bits per heavy atom. The number of carbonyl (C=O) groups excluding carboxylic acids is 1. The Kier molecular flexibility index (Phi) is 7.48. The highest BCUT2D eigenvalue weighted by Crippen LogP contribution is 2.31. The van der Waals surface area contributed by atoms with E-state index in [2.05, 4.69) is 15.6 Å². The zero-order valence-electron chi connectivity index (χ0n) is 19.4. The van der Waals surface area contributed by atoms with E-state index in [1.165, 1.54) is 0 Å². The number of rotatable bonds is 11. The average Bonchev–Trinajstić information content (AvgIpc) is 3.65. The summed E-state index contributed by atoms with van der Waals surface area (Å²) in [5.74, 6) is -0.0151. The van der Waals surface area contributed by atoms with E-state index < -0.39 is 9.84 Å².